The number of nitrogen functional groups attached to an aromatic ring is 2. The van der Waals surface area contributed by atoms with Crippen LogP contribution in [0.15, 0.2) is 42.5 Å². The first-order valence-corrected chi connectivity index (χ1v) is 9.88. The normalized spacial score (nSPS) is 14.9. The molecule has 2 heterocycles. The van der Waals surface area contributed by atoms with Crippen LogP contribution in [0.2, 0.25) is 5.02 Å². The molecule has 0 atom stereocenters. The number of hydrogen-bond acceptors (Lipinski definition) is 6. The monoisotopic (exact) mass is 411 g/mol. The third-order valence-corrected chi connectivity index (χ3v) is 5.45. The first-order chi connectivity index (χ1) is 14.0. The Kier molecular flexibility index (Phi) is 5.40. The summed E-state index contributed by atoms with van der Waals surface area (Å²) in [6.07, 6.45) is 1.76. The van der Waals surface area contributed by atoms with Crippen molar-refractivity contribution in [2.45, 2.75) is 12.8 Å². The molecule has 0 unspecified atom stereocenters. The second-order valence-corrected chi connectivity index (χ2v) is 7.61. The Morgan fingerprint density at radius 2 is 1.83 bits per heavy atom. The molecule has 1 fully saturated rings. The van der Waals surface area contributed by atoms with Gasteiger partial charge in [-0.15, -0.1) is 0 Å². The molecule has 1 aromatic heterocycles. The second kappa shape index (κ2) is 8.13. The Morgan fingerprint density at radius 3 is 2.55 bits per heavy atom. The highest BCUT2D eigenvalue weighted by Crippen LogP contribution is 2.30. The van der Waals surface area contributed by atoms with E-state index in [-0.39, 0.29) is 11.9 Å². The second-order valence-electron chi connectivity index (χ2n) is 7.17. The van der Waals surface area contributed by atoms with E-state index in [0.717, 1.165) is 12.8 Å². The van der Waals surface area contributed by atoms with Gasteiger partial charge in [0.15, 0.2) is 0 Å². The largest absolute Gasteiger partial charge is 0.492 e. The fourth-order valence-corrected chi connectivity index (χ4v) is 3.73. The van der Waals surface area contributed by atoms with Crippen LogP contribution in [0.4, 0.5) is 11.8 Å². The van der Waals surface area contributed by atoms with Gasteiger partial charge in [0.1, 0.15) is 11.6 Å². The third-order valence-electron chi connectivity index (χ3n) is 5.20. The van der Waals surface area contributed by atoms with Gasteiger partial charge in [0.25, 0.3) is 5.91 Å². The molecule has 29 heavy (non-hydrogen) atoms. The van der Waals surface area contributed by atoms with Crippen molar-refractivity contribution in [2.75, 3.05) is 31.2 Å². The van der Waals surface area contributed by atoms with Crippen LogP contribution in [0.25, 0.3) is 10.9 Å². The number of nitrogens with zero attached hydrogens (tertiary/aromatic N) is 3. The van der Waals surface area contributed by atoms with Crippen molar-refractivity contribution in [1.82, 2.24) is 14.9 Å². The number of anilines is 2. The lowest BCUT2D eigenvalue weighted by molar-refractivity contribution is 0.0661. The number of hydrogen-bond donors (Lipinski definition) is 2. The number of amides is 1. The number of carbonyl (C=O) groups is 1. The van der Waals surface area contributed by atoms with E-state index < -0.39 is 0 Å². The lowest BCUT2D eigenvalue weighted by Crippen LogP contribution is -2.39. The van der Waals surface area contributed by atoms with Gasteiger partial charge in [0, 0.05) is 23.7 Å². The van der Waals surface area contributed by atoms with Crippen LogP contribution in [-0.4, -0.2) is 40.5 Å². The molecule has 150 valence electrons. The summed E-state index contributed by atoms with van der Waals surface area (Å²) in [7, 11) is 0. The number of benzene rings is 2. The average Bonchev–Trinajstić information content (AvgIpc) is 2.72. The van der Waals surface area contributed by atoms with Gasteiger partial charge in [-0.25, -0.2) is 4.98 Å². The van der Waals surface area contributed by atoms with Crippen molar-refractivity contribution in [2.24, 2.45) is 5.92 Å². The predicted octanol–water partition coefficient (Wildman–Crippen LogP) is 3.38. The van der Waals surface area contributed by atoms with Gasteiger partial charge in [0.05, 0.1) is 17.5 Å². The van der Waals surface area contributed by atoms with Gasteiger partial charge in [-0.1, -0.05) is 17.7 Å². The summed E-state index contributed by atoms with van der Waals surface area (Å²) in [6, 6.07) is 12.6. The minimum atomic E-state index is 0.0394. The van der Waals surface area contributed by atoms with E-state index in [4.69, 9.17) is 27.8 Å². The van der Waals surface area contributed by atoms with Crippen molar-refractivity contribution < 1.29 is 9.53 Å². The Bertz CT molecular complexity index is 1030. The van der Waals surface area contributed by atoms with Crippen LogP contribution in [0.3, 0.4) is 0 Å². The molecule has 1 aliphatic rings. The summed E-state index contributed by atoms with van der Waals surface area (Å²) in [4.78, 5) is 22.7. The fraction of sp³-hybridized carbons (Fsp3) is 0.286. The van der Waals surface area contributed by atoms with E-state index in [1.165, 1.54) is 0 Å². The molecule has 4 N–H and O–H groups in total. The molecule has 1 amide bonds. The van der Waals surface area contributed by atoms with Crippen molar-refractivity contribution in [3.8, 4) is 5.75 Å². The first kappa shape index (κ1) is 19.3. The number of ether oxygens (including phenoxy) is 1. The average molecular weight is 412 g/mol. The molecule has 0 aliphatic carbocycles. The minimum Gasteiger partial charge on any atom is -0.492 e. The molecule has 0 saturated carbocycles. The molecular formula is C21H22ClN5O2. The lowest BCUT2D eigenvalue weighted by atomic mass is 9.97. The van der Waals surface area contributed by atoms with Crippen molar-refractivity contribution in [1.29, 1.82) is 0 Å². The molecule has 2 aromatic carbocycles. The van der Waals surface area contributed by atoms with E-state index in [1.807, 2.05) is 23.1 Å². The Balaban J connectivity index is 1.37. The molecule has 4 rings (SSSR count). The molecule has 1 aliphatic heterocycles. The zero-order chi connectivity index (χ0) is 20.4. The molecule has 0 bridgehead atoms. The molecule has 8 heteroatoms. The summed E-state index contributed by atoms with van der Waals surface area (Å²) in [5, 5.41) is 1.30. The number of rotatable bonds is 4. The van der Waals surface area contributed by atoms with Crippen LogP contribution in [0, 0.1) is 5.92 Å². The van der Waals surface area contributed by atoms with Crippen molar-refractivity contribution >= 4 is 40.2 Å². The SMILES string of the molecule is Nc1nc(N)c2c(OCC3CCN(C(=O)c4ccc(Cl)cc4)CC3)cccc2n1. The van der Waals surface area contributed by atoms with Crippen molar-refractivity contribution in [3.05, 3.63) is 53.1 Å². The lowest BCUT2D eigenvalue weighted by Gasteiger charge is -2.32. The zero-order valence-electron chi connectivity index (χ0n) is 15.8. The minimum absolute atomic E-state index is 0.0394. The van der Waals surface area contributed by atoms with Gasteiger partial charge in [0.2, 0.25) is 5.95 Å². The van der Waals surface area contributed by atoms with E-state index in [0.29, 0.717) is 58.7 Å². The number of nitrogens with two attached hydrogens (primary N) is 2. The molecule has 0 radical (unpaired) electrons. The maximum absolute atomic E-state index is 12.6. The quantitative estimate of drug-likeness (QED) is 0.681. The van der Waals surface area contributed by atoms with Crippen LogP contribution < -0.4 is 16.2 Å². The third kappa shape index (κ3) is 4.19. The Labute approximate surface area is 173 Å². The molecule has 1 saturated heterocycles. The summed E-state index contributed by atoms with van der Waals surface area (Å²) in [6.45, 7) is 1.95. The molecule has 0 spiro atoms. The summed E-state index contributed by atoms with van der Waals surface area (Å²) >= 11 is 5.90. The zero-order valence-corrected chi connectivity index (χ0v) is 16.6. The van der Waals surface area contributed by atoms with E-state index in [1.54, 1.807) is 24.3 Å². The molecule has 3 aromatic rings. The molecule has 7 nitrogen and oxygen atoms in total. The Morgan fingerprint density at radius 1 is 1.10 bits per heavy atom. The van der Waals surface area contributed by atoms with Crippen LogP contribution in [0.1, 0.15) is 23.2 Å². The number of likely N-dealkylation sites (tertiary alicyclic amines) is 1. The fourth-order valence-electron chi connectivity index (χ4n) is 3.60. The van der Waals surface area contributed by atoms with Gasteiger partial charge in [-0.2, -0.15) is 4.98 Å². The Hall–Kier alpha value is -3.06. The van der Waals surface area contributed by atoms with E-state index in [2.05, 4.69) is 9.97 Å². The van der Waals surface area contributed by atoms with Gasteiger partial charge < -0.3 is 21.1 Å². The van der Waals surface area contributed by atoms with Crippen LogP contribution in [0.5, 0.6) is 5.75 Å². The standard InChI is InChI=1S/C21H22ClN5O2/c22-15-6-4-14(5-7-15)20(28)27-10-8-13(9-11-27)12-29-17-3-1-2-16-18(17)19(23)26-21(24)25-16/h1-7,13H,8-12H2,(H4,23,24,25,26). The van der Waals surface area contributed by atoms with E-state index >= 15 is 0 Å². The number of piperidine rings is 1. The number of halogens is 1. The van der Waals surface area contributed by atoms with E-state index in [9.17, 15) is 4.79 Å². The van der Waals surface area contributed by atoms with Crippen LogP contribution >= 0.6 is 11.6 Å². The number of carbonyl (C=O) groups excluding carboxylic acids is 1. The smallest absolute Gasteiger partial charge is 0.253 e. The highest BCUT2D eigenvalue weighted by Gasteiger charge is 2.24. The van der Waals surface area contributed by atoms with Crippen molar-refractivity contribution in [3.63, 3.8) is 0 Å². The highest BCUT2D eigenvalue weighted by atomic mass is 35.5. The van der Waals surface area contributed by atoms with Gasteiger partial charge in [-0.3, -0.25) is 4.79 Å². The molecular weight excluding hydrogens is 390 g/mol. The number of fused-ring (bicyclic) bond motifs is 1. The van der Waals surface area contributed by atoms with Gasteiger partial charge in [-0.05, 0) is 55.2 Å². The summed E-state index contributed by atoms with van der Waals surface area (Å²) in [5.74, 6) is 1.50. The maximum Gasteiger partial charge on any atom is 0.253 e. The van der Waals surface area contributed by atoms with Gasteiger partial charge >= 0.3 is 0 Å². The highest BCUT2D eigenvalue weighted by molar-refractivity contribution is 6.30. The topological polar surface area (TPSA) is 107 Å². The predicted molar refractivity (Wildman–Crippen MR) is 114 cm³/mol. The summed E-state index contributed by atoms with van der Waals surface area (Å²) < 4.78 is 6.05. The maximum atomic E-state index is 12.6. The van der Waals surface area contributed by atoms with Crippen LogP contribution in [-0.2, 0) is 0 Å². The summed E-state index contributed by atoms with van der Waals surface area (Å²) in [5.41, 5.74) is 13.0. The number of aromatic nitrogens is 2. The first-order valence-electron chi connectivity index (χ1n) is 9.50.